The number of hydrogen-bond donors (Lipinski definition) is 2. The lowest BCUT2D eigenvalue weighted by Gasteiger charge is -2.21. The van der Waals surface area contributed by atoms with Gasteiger partial charge in [0.25, 0.3) is 5.91 Å². The summed E-state index contributed by atoms with van der Waals surface area (Å²) in [4.78, 5) is 42.3. The van der Waals surface area contributed by atoms with E-state index in [0.717, 1.165) is 21.7 Å². The minimum atomic E-state index is -0.995. The zero-order valence-electron chi connectivity index (χ0n) is 15.5. The Kier molecular flexibility index (Phi) is 5.27. The van der Waals surface area contributed by atoms with E-state index in [1.807, 2.05) is 35.9 Å². The average Bonchev–Trinajstić information content (AvgIpc) is 3.17. The smallest absolute Gasteiger partial charge is 0.325 e. The van der Waals surface area contributed by atoms with E-state index in [4.69, 9.17) is 0 Å². The largest absolute Gasteiger partial charge is 0.346 e. The molecule has 1 aliphatic heterocycles. The number of nitrogens with zero attached hydrogens (tertiary/aromatic N) is 2. The summed E-state index contributed by atoms with van der Waals surface area (Å²) in [7, 11) is 0. The van der Waals surface area contributed by atoms with Gasteiger partial charge in [-0.15, -0.1) is 0 Å². The maximum Gasteiger partial charge on any atom is 0.325 e. The third-order valence-corrected chi connectivity index (χ3v) is 5.21. The number of pyridine rings is 1. The average molecular weight is 386 g/mol. The maximum atomic E-state index is 12.6. The Hall–Kier alpha value is -2.74. The topological polar surface area (TPSA) is 91.4 Å². The van der Waals surface area contributed by atoms with Gasteiger partial charge in [-0.1, -0.05) is 6.07 Å². The van der Waals surface area contributed by atoms with Crippen molar-refractivity contribution in [2.45, 2.75) is 38.8 Å². The first-order valence-corrected chi connectivity index (χ1v) is 9.58. The molecule has 0 unspecified atom stereocenters. The summed E-state index contributed by atoms with van der Waals surface area (Å²) < 4.78 is 0. The highest BCUT2D eigenvalue weighted by atomic mass is 32.1. The van der Waals surface area contributed by atoms with Crippen molar-refractivity contribution in [3.8, 4) is 0 Å². The number of hydrogen-bond acceptors (Lipinski definition) is 5. The van der Waals surface area contributed by atoms with Crippen molar-refractivity contribution in [2.75, 3.05) is 6.54 Å². The molecule has 1 saturated heterocycles. The molecule has 1 aliphatic rings. The maximum absolute atomic E-state index is 12.6. The minimum Gasteiger partial charge on any atom is -0.346 e. The molecule has 2 aromatic rings. The Labute approximate surface area is 161 Å². The molecule has 142 valence electrons. The van der Waals surface area contributed by atoms with Gasteiger partial charge in [0.1, 0.15) is 12.1 Å². The highest BCUT2D eigenvalue weighted by molar-refractivity contribution is 7.07. The molecule has 0 aliphatic carbocycles. The summed E-state index contributed by atoms with van der Waals surface area (Å²) in [5.74, 6) is -0.812. The monoisotopic (exact) mass is 386 g/mol. The highest BCUT2D eigenvalue weighted by Crippen LogP contribution is 2.22. The molecule has 0 radical (unpaired) electrons. The Morgan fingerprint density at radius 3 is 2.74 bits per heavy atom. The second-order valence-electron chi connectivity index (χ2n) is 7.11. The molecule has 2 N–H and O–H groups in total. The standard InChI is InChI=1S/C19H22N4O3S/c1-12-5-4-7-20-16(12)14(9-13-6-8-27-11-13)21-15(24)10-23-17(25)19(2,3)22-18(23)26/h4-8,11,14H,9-10H2,1-3H3,(H,21,24)(H,22,26)/t14-/m1/s1. The van der Waals surface area contributed by atoms with Crippen LogP contribution in [0.15, 0.2) is 35.2 Å². The summed E-state index contributed by atoms with van der Waals surface area (Å²) in [6, 6.07) is 4.89. The lowest BCUT2D eigenvalue weighted by atomic mass is 10.0. The van der Waals surface area contributed by atoms with Crippen LogP contribution in [0.1, 0.15) is 36.7 Å². The van der Waals surface area contributed by atoms with Crippen LogP contribution in [-0.4, -0.2) is 39.8 Å². The van der Waals surface area contributed by atoms with Crippen LogP contribution < -0.4 is 10.6 Å². The van der Waals surface area contributed by atoms with Crippen molar-refractivity contribution in [1.82, 2.24) is 20.5 Å². The van der Waals surface area contributed by atoms with E-state index in [-0.39, 0.29) is 12.6 Å². The highest BCUT2D eigenvalue weighted by Gasteiger charge is 2.45. The number of thiophene rings is 1. The molecule has 2 aromatic heterocycles. The molecule has 0 bridgehead atoms. The first-order chi connectivity index (χ1) is 12.8. The first kappa shape index (κ1) is 19.0. The van der Waals surface area contributed by atoms with E-state index >= 15 is 0 Å². The summed E-state index contributed by atoms with van der Waals surface area (Å²) in [6.45, 7) is 4.85. The molecular formula is C19H22N4O3S. The van der Waals surface area contributed by atoms with Crippen LogP contribution in [0.2, 0.25) is 0 Å². The van der Waals surface area contributed by atoms with Crippen molar-refractivity contribution in [3.05, 3.63) is 52.0 Å². The Morgan fingerprint density at radius 2 is 2.15 bits per heavy atom. The molecule has 1 fully saturated rings. The van der Waals surface area contributed by atoms with Gasteiger partial charge in [-0.05, 0) is 61.2 Å². The van der Waals surface area contributed by atoms with Gasteiger partial charge in [0.15, 0.2) is 0 Å². The van der Waals surface area contributed by atoms with Crippen molar-refractivity contribution in [2.24, 2.45) is 0 Å². The zero-order valence-corrected chi connectivity index (χ0v) is 16.3. The Bertz CT molecular complexity index is 864. The number of urea groups is 1. The second kappa shape index (κ2) is 7.48. The van der Waals surface area contributed by atoms with Gasteiger partial charge in [-0.25, -0.2) is 4.79 Å². The third-order valence-electron chi connectivity index (χ3n) is 4.48. The molecule has 7 nitrogen and oxygen atoms in total. The third kappa shape index (κ3) is 4.16. The predicted octanol–water partition coefficient (Wildman–Crippen LogP) is 2.18. The van der Waals surface area contributed by atoms with Crippen LogP contribution in [0.25, 0.3) is 0 Å². The van der Waals surface area contributed by atoms with Crippen LogP contribution >= 0.6 is 11.3 Å². The van der Waals surface area contributed by atoms with Crippen LogP contribution in [0.3, 0.4) is 0 Å². The number of imide groups is 1. The van der Waals surface area contributed by atoms with Gasteiger partial charge in [0, 0.05) is 6.20 Å². The van der Waals surface area contributed by atoms with Crippen LogP contribution in [0.4, 0.5) is 4.79 Å². The number of rotatable bonds is 6. The van der Waals surface area contributed by atoms with E-state index < -0.39 is 23.4 Å². The molecule has 0 saturated carbocycles. The summed E-state index contributed by atoms with van der Waals surface area (Å²) >= 11 is 1.59. The molecule has 27 heavy (non-hydrogen) atoms. The summed E-state index contributed by atoms with van der Waals surface area (Å²) in [5, 5.41) is 9.52. The zero-order chi connectivity index (χ0) is 19.6. The molecule has 4 amide bonds. The molecule has 0 aromatic carbocycles. The van der Waals surface area contributed by atoms with E-state index in [1.165, 1.54) is 0 Å². The SMILES string of the molecule is Cc1cccnc1[C@@H](Cc1ccsc1)NC(=O)CN1C(=O)NC(C)(C)C1=O. The second-order valence-corrected chi connectivity index (χ2v) is 7.89. The molecule has 1 atom stereocenters. The number of carbonyl (C=O) groups excluding carboxylic acids is 3. The number of carbonyl (C=O) groups is 3. The lowest BCUT2D eigenvalue weighted by Crippen LogP contribution is -2.44. The predicted molar refractivity (Wildman–Crippen MR) is 102 cm³/mol. The number of aryl methyl sites for hydroxylation is 1. The fraction of sp³-hybridized carbons (Fsp3) is 0.368. The van der Waals surface area contributed by atoms with E-state index in [1.54, 1.807) is 31.4 Å². The first-order valence-electron chi connectivity index (χ1n) is 8.64. The van der Waals surface area contributed by atoms with Gasteiger partial charge in [-0.2, -0.15) is 11.3 Å². The van der Waals surface area contributed by atoms with E-state index in [0.29, 0.717) is 6.42 Å². The minimum absolute atomic E-state index is 0.319. The summed E-state index contributed by atoms with van der Waals surface area (Å²) in [5.41, 5.74) is 1.83. The number of nitrogens with one attached hydrogen (secondary N) is 2. The fourth-order valence-electron chi connectivity index (χ4n) is 3.07. The van der Waals surface area contributed by atoms with E-state index in [9.17, 15) is 14.4 Å². The van der Waals surface area contributed by atoms with Crippen LogP contribution in [0.5, 0.6) is 0 Å². The van der Waals surface area contributed by atoms with Gasteiger partial charge >= 0.3 is 6.03 Å². The van der Waals surface area contributed by atoms with Gasteiger partial charge in [-0.3, -0.25) is 19.5 Å². The summed E-state index contributed by atoms with van der Waals surface area (Å²) in [6.07, 6.45) is 2.27. The van der Waals surface area contributed by atoms with Gasteiger partial charge < -0.3 is 10.6 Å². The molecular weight excluding hydrogens is 364 g/mol. The van der Waals surface area contributed by atoms with Crippen molar-refractivity contribution in [3.63, 3.8) is 0 Å². The Morgan fingerprint density at radius 1 is 1.37 bits per heavy atom. The van der Waals surface area contributed by atoms with Gasteiger partial charge in [0.2, 0.25) is 5.91 Å². The molecule has 0 spiro atoms. The quantitative estimate of drug-likeness (QED) is 0.745. The van der Waals surface area contributed by atoms with Crippen LogP contribution in [0, 0.1) is 6.92 Å². The number of amides is 4. The number of aromatic nitrogens is 1. The molecule has 3 rings (SSSR count). The van der Waals surface area contributed by atoms with Crippen LogP contribution in [-0.2, 0) is 16.0 Å². The van der Waals surface area contributed by atoms with Crippen molar-refractivity contribution < 1.29 is 14.4 Å². The molecule has 8 heteroatoms. The lowest BCUT2D eigenvalue weighted by molar-refractivity contribution is -0.134. The van der Waals surface area contributed by atoms with Crippen molar-refractivity contribution in [1.29, 1.82) is 0 Å². The fourth-order valence-corrected chi connectivity index (χ4v) is 3.75. The normalized spacial score (nSPS) is 16.9. The van der Waals surface area contributed by atoms with Gasteiger partial charge in [0.05, 0.1) is 11.7 Å². The van der Waals surface area contributed by atoms with E-state index in [2.05, 4.69) is 15.6 Å². The Balaban J connectivity index is 1.76. The molecule has 3 heterocycles. The van der Waals surface area contributed by atoms with Crippen molar-refractivity contribution >= 4 is 29.2 Å².